The number of nitrogens with zero attached hydrogens (tertiary/aromatic N) is 4. The molecule has 0 aliphatic heterocycles. The molecule has 0 aliphatic carbocycles. The van der Waals surface area contributed by atoms with Crippen LogP contribution in [0.5, 0.6) is 0 Å². The molecule has 4 aromatic rings. The summed E-state index contributed by atoms with van der Waals surface area (Å²) < 4.78 is 0. The van der Waals surface area contributed by atoms with Crippen molar-refractivity contribution in [1.29, 1.82) is 0 Å². The van der Waals surface area contributed by atoms with Gasteiger partial charge in [0, 0.05) is 42.1 Å². The zero-order chi connectivity index (χ0) is 23.2. The highest BCUT2D eigenvalue weighted by Gasteiger charge is 1.95. The monoisotopic (exact) mass is 409 g/mol. The van der Waals surface area contributed by atoms with Crippen molar-refractivity contribution in [3.05, 3.63) is 84.5 Å². The van der Waals surface area contributed by atoms with Gasteiger partial charge in [0.25, 0.3) is 0 Å². The molecule has 0 atom stereocenters. The molecule has 0 radical (unpaired) electrons. The molecule has 0 amide bonds. The molecular formula is C25H39N5. The summed E-state index contributed by atoms with van der Waals surface area (Å²) in [6, 6.07) is 9.86. The van der Waals surface area contributed by atoms with E-state index < -0.39 is 0 Å². The zero-order valence-electron chi connectivity index (χ0n) is 20.1. The maximum atomic E-state index is 4.15. The number of aromatic amines is 1. The van der Waals surface area contributed by atoms with Crippen LogP contribution < -0.4 is 0 Å². The van der Waals surface area contributed by atoms with Gasteiger partial charge in [0.2, 0.25) is 0 Å². The number of H-pyrrole nitrogens is 1. The van der Waals surface area contributed by atoms with Crippen molar-refractivity contribution in [1.82, 2.24) is 24.9 Å². The molecule has 0 spiro atoms. The van der Waals surface area contributed by atoms with E-state index in [0.29, 0.717) is 0 Å². The van der Waals surface area contributed by atoms with E-state index in [-0.39, 0.29) is 0 Å². The lowest BCUT2D eigenvalue weighted by Crippen LogP contribution is -1.77. The zero-order valence-corrected chi connectivity index (χ0v) is 20.1. The third kappa shape index (κ3) is 13.2. The summed E-state index contributed by atoms with van der Waals surface area (Å²) in [5, 5.41) is 1.21. The van der Waals surface area contributed by atoms with E-state index in [2.05, 4.69) is 31.8 Å². The molecular weight excluding hydrogens is 370 g/mol. The fraction of sp³-hybridized carbons (Fsp3) is 0.360. The van der Waals surface area contributed by atoms with Gasteiger partial charge in [-0.25, -0.2) is 15.0 Å². The highest BCUT2D eigenvalue weighted by molar-refractivity contribution is 5.78. The minimum Gasteiger partial charge on any atom is -0.346 e. The molecule has 164 valence electrons. The molecule has 0 saturated heterocycles. The molecule has 30 heavy (non-hydrogen) atoms. The van der Waals surface area contributed by atoms with Crippen LogP contribution in [0.15, 0.2) is 67.6 Å². The van der Waals surface area contributed by atoms with Crippen molar-refractivity contribution in [2.45, 2.75) is 62.3 Å². The summed E-state index contributed by atoms with van der Waals surface area (Å²) in [7, 11) is 0. The van der Waals surface area contributed by atoms with Crippen LogP contribution in [0, 0.1) is 20.8 Å². The summed E-state index contributed by atoms with van der Waals surface area (Å²) in [6.07, 6.45) is 10.6. The van der Waals surface area contributed by atoms with E-state index in [1.165, 1.54) is 22.8 Å². The molecule has 0 saturated carbocycles. The van der Waals surface area contributed by atoms with Crippen LogP contribution in [0.4, 0.5) is 0 Å². The van der Waals surface area contributed by atoms with Gasteiger partial charge >= 0.3 is 0 Å². The van der Waals surface area contributed by atoms with Gasteiger partial charge in [0.15, 0.2) is 0 Å². The van der Waals surface area contributed by atoms with E-state index in [1.807, 2.05) is 98.1 Å². The lowest BCUT2D eigenvalue weighted by molar-refractivity contribution is 1.10. The number of nitrogens with one attached hydrogen (secondary N) is 1. The largest absolute Gasteiger partial charge is 0.346 e. The molecule has 4 rings (SSSR count). The third-order valence-corrected chi connectivity index (χ3v) is 3.26. The molecule has 0 fully saturated rings. The van der Waals surface area contributed by atoms with Gasteiger partial charge in [0.05, 0.1) is 0 Å². The van der Waals surface area contributed by atoms with Crippen molar-refractivity contribution < 1.29 is 0 Å². The Hall–Kier alpha value is -3.08. The van der Waals surface area contributed by atoms with Crippen LogP contribution in [-0.2, 0) is 0 Å². The first-order chi connectivity index (χ1) is 14.7. The Bertz CT molecular complexity index is 805. The highest BCUT2D eigenvalue weighted by atomic mass is 14.8. The van der Waals surface area contributed by atoms with Gasteiger partial charge in [-0.15, -0.1) is 0 Å². The third-order valence-electron chi connectivity index (χ3n) is 3.26. The van der Waals surface area contributed by atoms with Gasteiger partial charge in [0.1, 0.15) is 12.0 Å². The summed E-state index contributed by atoms with van der Waals surface area (Å²) in [6.45, 7) is 18.1. The fourth-order valence-electron chi connectivity index (χ4n) is 1.88. The summed E-state index contributed by atoms with van der Waals surface area (Å²) in [5.74, 6) is 0. The van der Waals surface area contributed by atoms with Gasteiger partial charge in [-0.1, -0.05) is 41.5 Å². The lowest BCUT2D eigenvalue weighted by atomic mass is 10.2. The predicted octanol–water partition coefficient (Wildman–Crippen LogP) is 7.12. The normalized spacial score (nSPS) is 8.17. The Kier molecular flexibility index (Phi) is 20.0. The average molecular weight is 410 g/mol. The highest BCUT2D eigenvalue weighted by Crippen LogP contribution is 2.12. The Morgan fingerprint density at radius 2 is 1.23 bits per heavy atom. The van der Waals surface area contributed by atoms with Crippen LogP contribution in [-0.4, -0.2) is 24.9 Å². The van der Waals surface area contributed by atoms with Crippen molar-refractivity contribution in [3.63, 3.8) is 0 Å². The van der Waals surface area contributed by atoms with Gasteiger partial charge in [-0.3, -0.25) is 4.98 Å². The number of aryl methyl sites for hydroxylation is 3. The molecule has 0 bridgehead atoms. The molecule has 4 aromatic heterocycles. The Labute approximate surface area is 183 Å². The van der Waals surface area contributed by atoms with Crippen LogP contribution in [0.2, 0.25) is 0 Å². The molecule has 0 aliphatic rings. The minimum absolute atomic E-state index is 0.972. The first-order valence-electron chi connectivity index (χ1n) is 10.6. The quantitative estimate of drug-likeness (QED) is 0.335. The second-order valence-corrected chi connectivity index (χ2v) is 5.24. The van der Waals surface area contributed by atoms with Crippen LogP contribution in [0.25, 0.3) is 11.0 Å². The van der Waals surface area contributed by atoms with Crippen LogP contribution in [0.1, 0.15) is 58.4 Å². The standard InChI is InChI=1S/C8H8N2.C6H7N.C5H6N2.3C2H6/c1-6-2-4-9-8-7(6)3-5-10-8;1-6-2-4-7-5-3-6;1-5-2-3-6-4-7-5;3*1-2/h2-5H,1H3,(H,9,10);2-5H,1H3;2-4H,1H3;3*1-2H3. The van der Waals surface area contributed by atoms with E-state index in [0.717, 1.165) is 11.3 Å². The second kappa shape index (κ2) is 20.6. The van der Waals surface area contributed by atoms with E-state index in [4.69, 9.17) is 0 Å². The van der Waals surface area contributed by atoms with Crippen molar-refractivity contribution >= 4 is 11.0 Å². The van der Waals surface area contributed by atoms with Crippen molar-refractivity contribution in [3.8, 4) is 0 Å². The topological polar surface area (TPSA) is 67.3 Å². The number of aromatic nitrogens is 5. The molecule has 4 heterocycles. The summed E-state index contributed by atoms with van der Waals surface area (Å²) in [5.41, 5.74) is 4.51. The van der Waals surface area contributed by atoms with E-state index in [1.54, 1.807) is 18.6 Å². The lowest BCUT2D eigenvalue weighted by Gasteiger charge is -1.91. The smallest absolute Gasteiger partial charge is 0.137 e. The molecule has 5 heteroatoms. The average Bonchev–Trinajstić information content (AvgIpc) is 3.30. The maximum absolute atomic E-state index is 4.15. The Morgan fingerprint density at radius 1 is 0.633 bits per heavy atom. The number of pyridine rings is 2. The van der Waals surface area contributed by atoms with Crippen molar-refractivity contribution in [2.24, 2.45) is 0 Å². The van der Waals surface area contributed by atoms with E-state index in [9.17, 15) is 0 Å². The number of fused-ring (bicyclic) bond motifs is 1. The predicted molar refractivity (Wildman–Crippen MR) is 131 cm³/mol. The van der Waals surface area contributed by atoms with Crippen molar-refractivity contribution in [2.75, 3.05) is 0 Å². The number of hydrogen-bond donors (Lipinski definition) is 1. The van der Waals surface area contributed by atoms with E-state index >= 15 is 0 Å². The van der Waals surface area contributed by atoms with Gasteiger partial charge in [-0.2, -0.15) is 0 Å². The summed E-state index contributed by atoms with van der Waals surface area (Å²) >= 11 is 0. The van der Waals surface area contributed by atoms with Gasteiger partial charge in [-0.05, 0) is 62.2 Å². The first-order valence-corrected chi connectivity index (χ1v) is 10.6. The second-order valence-electron chi connectivity index (χ2n) is 5.24. The minimum atomic E-state index is 0.972. The van der Waals surface area contributed by atoms with Crippen LogP contribution >= 0.6 is 0 Å². The number of hydrogen-bond acceptors (Lipinski definition) is 4. The Balaban J connectivity index is 0. The summed E-state index contributed by atoms with van der Waals surface area (Å²) in [4.78, 5) is 18.6. The first kappa shape index (κ1) is 29.1. The molecule has 5 nitrogen and oxygen atoms in total. The molecule has 0 unspecified atom stereocenters. The fourth-order valence-corrected chi connectivity index (χ4v) is 1.88. The number of rotatable bonds is 0. The maximum Gasteiger partial charge on any atom is 0.137 e. The molecule has 0 aromatic carbocycles. The Morgan fingerprint density at radius 3 is 1.63 bits per heavy atom. The van der Waals surface area contributed by atoms with Gasteiger partial charge < -0.3 is 4.98 Å². The molecule has 1 N–H and O–H groups in total. The van der Waals surface area contributed by atoms with Crippen LogP contribution in [0.3, 0.4) is 0 Å². The SMILES string of the molecule is CC.CC.CC.Cc1ccnc2[nH]ccc12.Cc1ccncc1.Cc1ccncn1.